The number of aryl methyl sites for hydroxylation is 1. The molecule has 0 aliphatic heterocycles. The average Bonchev–Trinajstić information content (AvgIpc) is 3.10. The lowest BCUT2D eigenvalue weighted by molar-refractivity contribution is -0.136. The molecule has 2 aromatic heterocycles. The summed E-state index contributed by atoms with van der Waals surface area (Å²) in [6.07, 6.45) is 0.849. The van der Waals surface area contributed by atoms with Crippen molar-refractivity contribution in [3.05, 3.63) is 36.0 Å². The third-order valence-corrected chi connectivity index (χ3v) is 2.65. The highest BCUT2D eigenvalue weighted by atomic mass is 16.5. The minimum Gasteiger partial charge on any atom is -0.467 e. The number of aliphatic hydroxyl groups excluding tert-OH is 1. The predicted octanol–water partition coefficient (Wildman–Crippen LogP) is 0.754. The summed E-state index contributed by atoms with van der Waals surface area (Å²) < 4.78 is 9.78. The van der Waals surface area contributed by atoms with Crippen LogP contribution >= 0.6 is 0 Å². The van der Waals surface area contributed by atoms with Gasteiger partial charge in [0.25, 0.3) is 0 Å². The van der Waals surface area contributed by atoms with E-state index in [1.54, 1.807) is 19.1 Å². The van der Waals surface area contributed by atoms with Gasteiger partial charge in [-0.05, 0) is 25.5 Å². The van der Waals surface area contributed by atoms with Crippen LogP contribution in [0.1, 0.15) is 24.0 Å². The molecule has 0 aliphatic rings. The lowest BCUT2D eigenvalue weighted by Gasteiger charge is -2.08. The number of anilines is 1. The fourth-order valence-electron chi connectivity index (χ4n) is 1.62. The lowest BCUT2D eigenvalue weighted by atomic mass is 10.2. The van der Waals surface area contributed by atoms with Gasteiger partial charge in [0.15, 0.2) is 5.82 Å². The highest BCUT2D eigenvalue weighted by Gasteiger charge is 2.16. The van der Waals surface area contributed by atoms with Crippen LogP contribution in [0.15, 0.2) is 33.4 Å². The van der Waals surface area contributed by atoms with Gasteiger partial charge in [-0.2, -0.15) is 0 Å². The van der Waals surface area contributed by atoms with Crippen molar-refractivity contribution in [3.63, 3.8) is 0 Å². The van der Waals surface area contributed by atoms with Crippen molar-refractivity contribution >= 4 is 17.6 Å². The predicted molar refractivity (Wildman–Crippen MR) is 71.2 cm³/mol. The van der Waals surface area contributed by atoms with Crippen molar-refractivity contribution in [2.45, 2.75) is 19.4 Å². The van der Waals surface area contributed by atoms with Crippen molar-refractivity contribution in [2.24, 2.45) is 0 Å². The molecule has 0 radical (unpaired) electrons. The normalized spacial score (nSPS) is 11.9. The fourth-order valence-corrected chi connectivity index (χ4v) is 1.62. The van der Waals surface area contributed by atoms with E-state index < -0.39 is 17.9 Å². The van der Waals surface area contributed by atoms with E-state index in [0.717, 1.165) is 0 Å². The van der Waals surface area contributed by atoms with Crippen molar-refractivity contribution in [3.8, 4) is 0 Å². The molecule has 0 spiro atoms. The van der Waals surface area contributed by atoms with E-state index >= 15 is 0 Å². The molecule has 21 heavy (non-hydrogen) atoms. The third kappa shape index (κ3) is 4.18. The van der Waals surface area contributed by atoms with Gasteiger partial charge in [0.2, 0.25) is 0 Å². The molecule has 2 amide bonds. The summed E-state index contributed by atoms with van der Waals surface area (Å²) in [4.78, 5) is 23.1. The van der Waals surface area contributed by atoms with Crippen molar-refractivity contribution in [1.82, 2.24) is 10.5 Å². The first-order chi connectivity index (χ1) is 10.1. The number of aromatic nitrogens is 1. The molecule has 8 heteroatoms. The van der Waals surface area contributed by atoms with Crippen LogP contribution in [0.5, 0.6) is 0 Å². The maximum Gasteiger partial charge on any atom is 0.314 e. The van der Waals surface area contributed by atoms with Crippen LogP contribution in [0.4, 0.5) is 5.82 Å². The molecule has 0 saturated heterocycles. The Bertz CT molecular complexity index is 605. The van der Waals surface area contributed by atoms with E-state index in [4.69, 9.17) is 8.94 Å². The Balaban J connectivity index is 1.72. The minimum atomic E-state index is -0.851. The first-order valence-corrected chi connectivity index (χ1v) is 6.30. The summed E-state index contributed by atoms with van der Waals surface area (Å²) in [6, 6.07) is 4.78. The highest BCUT2D eigenvalue weighted by Crippen LogP contribution is 2.15. The molecule has 0 bridgehead atoms. The Morgan fingerprint density at radius 2 is 2.24 bits per heavy atom. The smallest absolute Gasteiger partial charge is 0.314 e. The van der Waals surface area contributed by atoms with Crippen molar-refractivity contribution in [2.75, 3.05) is 11.9 Å². The van der Waals surface area contributed by atoms with E-state index in [9.17, 15) is 14.7 Å². The van der Waals surface area contributed by atoms with Crippen molar-refractivity contribution < 1.29 is 23.6 Å². The number of carbonyl (C=O) groups excluding carboxylic acids is 2. The molecule has 2 heterocycles. The second-order valence-electron chi connectivity index (χ2n) is 4.35. The monoisotopic (exact) mass is 293 g/mol. The maximum absolute atomic E-state index is 11.5. The molecule has 1 atom stereocenters. The molecular weight excluding hydrogens is 278 g/mol. The molecule has 0 fully saturated rings. The first-order valence-electron chi connectivity index (χ1n) is 6.30. The molecular formula is C13H15N3O5. The van der Waals surface area contributed by atoms with Gasteiger partial charge in [-0.1, -0.05) is 5.16 Å². The van der Waals surface area contributed by atoms with E-state index in [1.807, 2.05) is 0 Å². The number of nitrogens with zero attached hydrogens (tertiary/aromatic N) is 1. The SMILES string of the molecule is Cc1cc(NC(=O)C(=O)NCCC(O)c2ccco2)no1. The number of hydrogen-bond donors (Lipinski definition) is 3. The zero-order valence-corrected chi connectivity index (χ0v) is 11.3. The number of amides is 2. The maximum atomic E-state index is 11.5. The fraction of sp³-hybridized carbons (Fsp3) is 0.308. The number of furan rings is 1. The topological polar surface area (TPSA) is 118 Å². The van der Waals surface area contributed by atoms with Crippen LogP contribution in [0, 0.1) is 6.92 Å². The van der Waals surface area contributed by atoms with Gasteiger partial charge in [0.05, 0.1) is 6.26 Å². The van der Waals surface area contributed by atoms with Gasteiger partial charge in [-0.15, -0.1) is 0 Å². The summed E-state index contributed by atoms with van der Waals surface area (Å²) in [7, 11) is 0. The number of hydrogen-bond acceptors (Lipinski definition) is 6. The van der Waals surface area contributed by atoms with Gasteiger partial charge in [0.1, 0.15) is 17.6 Å². The Hall–Kier alpha value is -2.61. The molecule has 3 N–H and O–H groups in total. The largest absolute Gasteiger partial charge is 0.467 e. The second-order valence-corrected chi connectivity index (χ2v) is 4.35. The summed E-state index contributed by atoms with van der Waals surface area (Å²) in [5.74, 6) is -0.569. The standard InChI is InChI=1S/C13H15N3O5/c1-8-7-11(16-21-8)15-13(19)12(18)14-5-4-9(17)10-3-2-6-20-10/h2-3,6-7,9,17H,4-5H2,1H3,(H,14,18)(H,15,16,19). The Morgan fingerprint density at radius 3 is 2.86 bits per heavy atom. The number of aliphatic hydroxyl groups is 1. The Labute approximate surface area is 120 Å². The van der Waals surface area contributed by atoms with Crippen molar-refractivity contribution in [1.29, 1.82) is 0 Å². The van der Waals surface area contributed by atoms with Crippen LogP contribution < -0.4 is 10.6 Å². The number of rotatable bonds is 5. The van der Waals surface area contributed by atoms with Crippen LogP contribution in [-0.4, -0.2) is 28.6 Å². The first kappa shape index (κ1) is 14.8. The van der Waals surface area contributed by atoms with Crippen LogP contribution in [0.25, 0.3) is 0 Å². The lowest BCUT2D eigenvalue weighted by Crippen LogP contribution is -2.36. The zero-order chi connectivity index (χ0) is 15.2. The van der Waals surface area contributed by atoms with Gasteiger partial charge >= 0.3 is 11.8 Å². The number of carbonyl (C=O) groups is 2. The molecule has 112 valence electrons. The minimum absolute atomic E-state index is 0.131. The van der Waals surface area contributed by atoms with Gasteiger partial charge in [-0.3, -0.25) is 14.9 Å². The average molecular weight is 293 g/mol. The summed E-state index contributed by atoms with van der Waals surface area (Å²) in [5, 5.41) is 18.0. The van der Waals surface area contributed by atoms with E-state index in [-0.39, 0.29) is 18.8 Å². The van der Waals surface area contributed by atoms with Gasteiger partial charge < -0.3 is 19.4 Å². The van der Waals surface area contributed by atoms with Crippen LogP contribution in [0.2, 0.25) is 0 Å². The van der Waals surface area contributed by atoms with E-state index in [1.165, 1.54) is 12.3 Å². The second kappa shape index (κ2) is 6.71. The number of nitrogens with one attached hydrogen (secondary N) is 2. The third-order valence-electron chi connectivity index (χ3n) is 2.65. The molecule has 8 nitrogen and oxygen atoms in total. The molecule has 0 aliphatic carbocycles. The molecule has 0 saturated carbocycles. The Kier molecular flexibility index (Phi) is 4.72. The summed E-state index contributed by atoms with van der Waals surface area (Å²) in [6.45, 7) is 1.80. The molecule has 0 aromatic carbocycles. The Morgan fingerprint density at radius 1 is 1.43 bits per heavy atom. The van der Waals surface area contributed by atoms with Crippen LogP contribution in [0.3, 0.4) is 0 Å². The summed E-state index contributed by atoms with van der Waals surface area (Å²) >= 11 is 0. The van der Waals surface area contributed by atoms with Crippen LogP contribution in [-0.2, 0) is 9.59 Å². The summed E-state index contributed by atoms with van der Waals surface area (Å²) in [5.41, 5.74) is 0. The van der Waals surface area contributed by atoms with E-state index in [0.29, 0.717) is 11.5 Å². The quantitative estimate of drug-likeness (QED) is 0.700. The van der Waals surface area contributed by atoms with E-state index in [2.05, 4.69) is 15.8 Å². The zero-order valence-electron chi connectivity index (χ0n) is 11.3. The molecule has 1 unspecified atom stereocenters. The van der Waals surface area contributed by atoms with Gasteiger partial charge in [-0.25, -0.2) is 0 Å². The molecule has 2 rings (SSSR count). The highest BCUT2D eigenvalue weighted by molar-refractivity contribution is 6.39. The van der Waals surface area contributed by atoms with Gasteiger partial charge in [0, 0.05) is 12.6 Å². The molecule has 2 aromatic rings.